The van der Waals surface area contributed by atoms with Crippen LogP contribution in [0, 0.1) is 0 Å². The van der Waals surface area contributed by atoms with Crippen molar-refractivity contribution < 1.29 is 0 Å². The van der Waals surface area contributed by atoms with Crippen molar-refractivity contribution >= 4 is 16.7 Å². The van der Waals surface area contributed by atoms with Gasteiger partial charge in [0.1, 0.15) is 0 Å². The number of H-pyrrole nitrogens is 1. The summed E-state index contributed by atoms with van der Waals surface area (Å²) in [5, 5.41) is 0. The molecule has 2 fully saturated rings. The van der Waals surface area contributed by atoms with Crippen LogP contribution >= 0.6 is 0 Å². The van der Waals surface area contributed by atoms with Crippen LogP contribution in [-0.2, 0) is 0 Å². The van der Waals surface area contributed by atoms with E-state index in [9.17, 15) is 0 Å². The van der Waals surface area contributed by atoms with Gasteiger partial charge >= 0.3 is 0 Å². The Balaban J connectivity index is 1.69. The second-order valence-electron chi connectivity index (χ2n) is 6.70. The zero-order valence-corrected chi connectivity index (χ0v) is 12.8. The highest BCUT2D eigenvalue weighted by molar-refractivity contribution is 5.89. The van der Waals surface area contributed by atoms with Crippen molar-refractivity contribution in [2.75, 3.05) is 18.0 Å². The van der Waals surface area contributed by atoms with E-state index < -0.39 is 0 Å². The zero-order chi connectivity index (χ0) is 14.1. The highest BCUT2D eigenvalue weighted by atomic mass is 15.1. The highest BCUT2D eigenvalue weighted by Gasteiger charge is 2.20. The van der Waals surface area contributed by atoms with E-state index in [1.54, 1.807) is 0 Å². The van der Waals surface area contributed by atoms with Gasteiger partial charge in [-0.2, -0.15) is 0 Å². The van der Waals surface area contributed by atoms with Crippen LogP contribution in [0.5, 0.6) is 0 Å². The highest BCUT2D eigenvalue weighted by Crippen LogP contribution is 2.35. The molecule has 0 bridgehead atoms. The minimum absolute atomic E-state index is 0.724. The third-order valence-electron chi connectivity index (χ3n) is 5.26. The van der Waals surface area contributed by atoms with Crippen LogP contribution < -0.4 is 4.90 Å². The Labute approximate surface area is 126 Å². The lowest BCUT2D eigenvalue weighted by Crippen LogP contribution is -2.29. The summed E-state index contributed by atoms with van der Waals surface area (Å²) in [4.78, 5) is 10.9. The molecule has 0 amide bonds. The minimum Gasteiger partial charge on any atom is -0.370 e. The van der Waals surface area contributed by atoms with Gasteiger partial charge in [-0.15, -0.1) is 0 Å². The lowest BCUT2D eigenvalue weighted by molar-refractivity contribution is 0.438. The van der Waals surface area contributed by atoms with Gasteiger partial charge in [0.05, 0.1) is 16.7 Å². The van der Waals surface area contributed by atoms with E-state index in [0.29, 0.717) is 0 Å². The summed E-state index contributed by atoms with van der Waals surface area (Å²) in [5.74, 6) is 0.724. The minimum atomic E-state index is 0.724. The molecular formula is C18H25N3. The van der Waals surface area contributed by atoms with E-state index in [2.05, 4.69) is 27.0 Å². The predicted octanol–water partition coefficient (Wildman–Crippen LogP) is 4.60. The normalized spacial score (nSPS) is 21.0. The smallest absolute Gasteiger partial charge is 0.0903 e. The Morgan fingerprint density at radius 2 is 1.76 bits per heavy atom. The first kappa shape index (κ1) is 13.2. The van der Waals surface area contributed by atoms with Gasteiger partial charge in [-0.1, -0.05) is 19.3 Å². The van der Waals surface area contributed by atoms with Crippen LogP contribution in [-0.4, -0.2) is 23.1 Å². The van der Waals surface area contributed by atoms with Gasteiger partial charge in [-0.3, -0.25) is 4.98 Å². The first-order valence-corrected chi connectivity index (χ1v) is 8.64. The monoisotopic (exact) mass is 283 g/mol. The van der Waals surface area contributed by atoms with Crippen molar-refractivity contribution in [1.82, 2.24) is 9.97 Å². The third-order valence-corrected chi connectivity index (χ3v) is 5.26. The van der Waals surface area contributed by atoms with Gasteiger partial charge in [0.2, 0.25) is 0 Å². The van der Waals surface area contributed by atoms with Crippen molar-refractivity contribution in [3.63, 3.8) is 0 Å². The molecule has 3 heteroatoms. The molecule has 1 saturated heterocycles. The standard InChI is InChI=1S/C18H25N3/c1-3-7-14(8-4-1)15-13-16-18(20-15)17(9-10-19-16)21-11-5-2-6-12-21/h9-10,13-14,20H,1-8,11-12H2. The average molecular weight is 283 g/mol. The van der Waals surface area contributed by atoms with Gasteiger partial charge in [0.25, 0.3) is 0 Å². The molecule has 4 rings (SSSR count). The van der Waals surface area contributed by atoms with E-state index in [0.717, 1.165) is 11.4 Å². The van der Waals surface area contributed by atoms with E-state index >= 15 is 0 Å². The fourth-order valence-electron chi connectivity index (χ4n) is 4.06. The van der Waals surface area contributed by atoms with E-state index in [1.165, 1.54) is 81.4 Å². The molecule has 1 aliphatic carbocycles. The number of aromatic nitrogens is 2. The maximum atomic E-state index is 4.59. The van der Waals surface area contributed by atoms with Gasteiger partial charge in [-0.05, 0) is 50.2 Å². The van der Waals surface area contributed by atoms with Crippen molar-refractivity contribution in [2.24, 2.45) is 0 Å². The first-order valence-electron chi connectivity index (χ1n) is 8.64. The van der Waals surface area contributed by atoms with Gasteiger partial charge < -0.3 is 9.88 Å². The number of nitrogens with zero attached hydrogens (tertiary/aromatic N) is 2. The Kier molecular flexibility index (Phi) is 3.58. The molecule has 112 valence electrons. The molecule has 1 N–H and O–H groups in total. The number of hydrogen-bond donors (Lipinski definition) is 1. The van der Waals surface area contributed by atoms with Crippen LogP contribution in [0.15, 0.2) is 18.3 Å². The number of piperidine rings is 1. The van der Waals surface area contributed by atoms with Crippen LogP contribution in [0.3, 0.4) is 0 Å². The molecule has 3 heterocycles. The maximum absolute atomic E-state index is 4.59. The van der Waals surface area contributed by atoms with Crippen molar-refractivity contribution in [3.05, 3.63) is 24.0 Å². The molecule has 0 radical (unpaired) electrons. The summed E-state index contributed by atoms with van der Waals surface area (Å²) in [6.45, 7) is 2.38. The molecule has 1 saturated carbocycles. The largest absolute Gasteiger partial charge is 0.370 e. The average Bonchev–Trinajstić information content (AvgIpc) is 3.00. The SMILES string of the molecule is c1cc(N2CCCCC2)c2[nH]c(C3CCCCC3)cc2n1. The lowest BCUT2D eigenvalue weighted by atomic mass is 9.87. The summed E-state index contributed by atoms with van der Waals surface area (Å²) >= 11 is 0. The molecule has 3 nitrogen and oxygen atoms in total. The number of aromatic amines is 1. The molecule has 2 aliphatic rings. The van der Waals surface area contributed by atoms with Crippen molar-refractivity contribution in [1.29, 1.82) is 0 Å². The molecule has 0 spiro atoms. The predicted molar refractivity (Wildman–Crippen MR) is 88.0 cm³/mol. The summed E-state index contributed by atoms with van der Waals surface area (Å²) in [5.41, 5.74) is 5.20. The molecule has 1 aliphatic heterocycles. The molecule has 0 unspecified atom stereocenters. The fraction of sp³-hybridized carbons (Fsp3) is 0.611. The quantitative estimate of drug-likeness (QED) is 0.873. The second kappa shape index (κ2) is 5.70. The third kappa shape index (κ3) is 2.54. The topological polar surface area (TPSA) is 31.9 Å². The Morgan fingerprint density at radius 1 is 1.00 bits per heavy atom. The Bertz CT molecular complexity index is 604. The molecule has 0 aromatic carbocycles. The Morgan fingerprint density at radius 3 is 2.57 bits per heavy atom. The number of anilines is 1. The summed E-state index contributed by atoms with van der Waals surface area (Å²) in [6, 6.07) is 4.49. The summed E-state index contributed by atoms with van der Waals surface area (Å²) in [6.07, 6.45) is 12.8. The van der Waals surface area contributed by atoms with Gasteiger partial charge in [0, 0.05) is 25.0 Å². The molecule has 2 aromatic heterocycles. The fourth-order valence-corrected chi connectivity index (χ4v) is 4.06. The zero-order valence-electron chi connectivity index (χ0n) is 12.8. The number of rotatable bonds is 2. The van der Waals surface area contributed by atoms with E-state index in [1.807, 2.05) is 6.20 Å². The summed E-state index contributed by atoms with van der Waals surface area (Å²) in [7, 11) is 0. The molecule has 2 aromatic rings. The summed E-state index contributed by atoms with van der Waals surface area (Å²) < 4.78 is 0. The van der Waals surface area contributed by atoms with E-state index in [-0.39, 0.29) is 0 Å². The number of nitrogens with one attached hydrogen (secondary N) is 1. The second-order valence-corrected chi connectivity index (χ2v) is 6.70. The molecular weight excluding hydrogens is 258 g/mol. The van der Waals surface area contributed by atoms with Gasteiger partial charge in [-0.25, -0.2) is 0 Å². The van der Waals surface area contributed by atoms with Crippen molar-refractivity contribution in [2.45, 2.75) is 57.3 Å². The molecule has 0 atom stereocenters. The van der Waals surface area contributed by atoms with Crippen molar-refractivity contribution in [3.8, 4) is 0 Å². The number of hydrogen-bond acceptors (Lipinski definition) is 2. The van der Waals surface area contributed by atoms with Crippen LogP contribution in [0.2, 0.25) is 0 Å². The van der Waals surface area contributed by atoms with Crippen LogP contribution in [0.25, 0.3) is 11.0 Å². The van der Waals surface area contributed by atoms with E-state index in [4.69, 9.17) is 0 Å². The lowest BCUT2D eigenvalue weighted by Gasteiger charge is -2.29. The first-order chi connectivity index (χ1) is 10.4. The Hall–Kier alpha value is -1.51. The molecule has 21 heavy (non-hydrogen) atoms. The number of pyridine rings is 1. The number of fused-ring (bicyclic) bond motifs is 1. The van der Waals surface area contributed by atoms with Gasteiger partial charge in [0.15, 0.2) is 0 Å². The van der Waals surface area contributed by atoms with Crippen LogP contribution in [0.1, 0.15) is 63.0 Å². The maximum Gasteiger partial charge on any atom is 0.0903 e. The van der Waals surface area contributed by atoms with Crippen LogP contribution in [0.4, 0.5) is 5.69 Å².